The molecule has 2 heterocycles. The Labute approximate surface area is 177 Å². The normalized spacial score (nSPS) is 18.3. The molecule has 4 rings (SSSR count). The van der Waals surface area contributed by atoms with E-state index in [1.807, 2.05) is 5.32 Å². The van der Waals surface area contributed by atoms with Gasteiger partial charge in [-0.05, 0) is 49.2 Å². The lowest BCUT2D eigenvalue weighted by Gasteiger charge is -2.32. The van der Waals surface area contributed by atoms with Gasteiger partial charge in [0.25, 0.3) is 11.5 Å². The third kappa shape index (κ3) is 3.24. The van der Waals surface area contributed by atoms with Crippen LogP contribution in [0.15, 0.2) is 36.5 Å². The molecule has 3 aromatic rings. The van der Waals surface area contributed by atoms with Crippen LogP contribution in [0.25, 0.3) is 10.9 Å². The van der Waals surface area contributed by atoms with Crippen molar-refractivity contribution in [3.63, 3.8) is 0 Å². The summed E-state index contributed by atoms with van der Waals surface area (Å²) in [5.41, 5.74) is -5.20. The second kappa shape index (κ2) is 6.83. The summed E-state index contributed by atoms with van der Waals surface area (Å²) in [5, 5.41) is 15.3. The van der Waals surface area contributed by atoms with Crippen LogP contribution >= 0.6 is 0 Å². The maximum Gasteiger partial charge on any atom is 0.454 e. The fraction of sp³-hybridized carbons (Fsp3) is 0.238. The number of ketones is 1. The number of alkyl halides is 6. The van der Waals surface area contributed by atoms with Gasteiger partial charge < -0.3 is 15.7 Å². The average Bonchev–Trinajstić information content (AvgIpc) is 2.81. The molecule has 0 radical (unpaired) electrons. The summed E-state index contributed by atoms with van der Waals surface area (Å²) in [4.78, 5) is 16.0. The Morgan fingerprint density at radius 2 is 1.66 bits per heavy atom. The number of halogens is 6. The van der Waals surface area contributed by atoms with Crippen molar-refractivity contribution in [3.05, 3.63) is 58.8 Å². The zero-order valence-electron chi connectivity index (χ0n) is 16.5. The summed E-state index contributed by atoms with van der Waals surface area (Å²) in [6.07, 6.45) is -9.56. The molecule has 0 fully saturated rings. The van der Waals surface area contributed by atoms with Crippen molar-refractivity contribution in [1.29, 1.82) is 0 Å². The highest BCUT2D eigenvalue weighted by atomic mass is 19.4. The molecule has 2 aromatic carbocycles. The van der Waals surface area contributed by atoms with Gasteiger partial charge in [-0.3, -0.25) is 9.78 Å². The van der Waals surface area contributed by atoms with Crippen LogP contribution in [0.4, 0.5) is 43.4 Å². The number of aromatic nitrogens is 1. The lowest BCUT2D eigenvalue weighted by molar-refractivity contribution is -0.253. The number of fused-ring (bicyclic) bond motifs is 4. The number of anilines is 3. The van der Waals surface area contributed by atoms with E-state index < -0.39 is 35.0 Å². The van der Waals surface area contributed by atoms with E-state index in [0.717, 1.165) is 11.6 Å². The molecular formula is C21H15F6N3O2. The zero-order valence-corrected chi connectivity index (χ0v) is 16.5. The van der Waals surface area contributed by atoms with Gasteiger partial charge in [-0.25, -0.2) is 0 Å². The van der Waals surface area contributed by atoms with E-state index in [1.54, 1.807) is 13.8 Å². The van der Waals surface area contributed by atoms with Crippen molar-refractivity contribution in [3.8, 4) is 0 Å². The number of nitrogens with zero attached hydrogens (tertiary/aromatic N) is 1. The van der Waals surface area contributed by atoms with Crippen LogP contribution in [-0.4, -0.2) is 28.2 Å². The molecule has 1 unspecified atom stereocenters. The van der Waals surface area contributed by atoms with Gasteiger partial charge in [0.1, 0.15) is 0 Å². The van der Waals surface area contributed by atoms with Crippen molar-refractivity contribution in [2.75, 3.05) is 10.6 Å². The smallest absolute Gasteiger partial charge is 0.360 e. The number of aliphatic hydroxyl groups is 1. The van der Waals surface area contributed by atoms with Gasteiger partial charge in [0.05, 0.1) is 22.6 Å². The zero-order chi connectivity index (χ0) is 23.6. The third-order valence-electron chi connectivity index (χ3n) is 5.40. The Balaban J connectivity index is 2.14. The molecule has 1 aliphatic heterocycles. The summed E-state index contributed by atoms with van der Waals surface area (Å²) in [7, 11) is 0. The highest BCUT2D eigenvalue weighted by molar-refractivity contribution is 6.13. The van der Waals surface area contributed by atoms with Crippen LogP contribution < -0.4 is 10.6 Å². The summed E-state index contributed by atoms with van der Waals surface area (Å²) < 4.78 is 82.1. The molecule has 0 amide bonds. The predicted octanol–water partition coefficient (Wildman–Crippen LogP) is 5.47. The van der Waals surface area contributed by atoms with E-state index in [9.17, 15) is 36.2 Å². The highest BCUT2D eigenvalue weighted by Crippen LogP contribution is 2.50. The number of aryl methyl sites for hydroxylation is 2. The van der Waals surface area contributed by atoms with Crippen LogP contribution in [-0.2, 0) is 5.72 Å². The van der Waals surface area contributed by atoms with Crippen molar-refractivity contribution in [2.45, 2.75) is 31.9 Å². The van der Waals surface area contributed by atoms with Crippen LogP contribution in [0.2, 0.25) is 0 Å². The van der Waals surface area contributed by atoms with Crippen molar-refractivity contribution in [1.82, 2.24) is 4.98 Å². The van der Waals surface area contributed by atoms with Gasteiger partial charge in [0, 0.05) is 22.7 Å². The third-order valence-corrected chi connectivity index (χ3v) is 5.40. The molecule has 0 saturated carbocycles. The number of rotatable bonds is 1. The summed E-state index contributed by atoms with van der Waals surface area (Å²) in [6.45, 7) is 3.37. The van der Waals surface area contributed by atoms with Crippen LogP contribution in [0.5, 0.6) is 0 Å². The molecule has 0 aliphatic carbocycles. The SMILES string of the molecule is Cc1cc2c(cc1C)NC(O)(C(F)(F)F)c1cc(C(=O)C(F)(F)F)c3cccnc3c1N2. The van der Waals surface area contributed by atoms with Gasteiger partial charge in [-0.15, -0.1) is 0 Å². The Morgan fingerprint density at radius 3 is 2.25 bits per heavy atom. The maximum atomic E-state index is 14.2. The van der Waals surface area contributed by atoms with Gasteiger partial charge >= 0.3 is 12.4 Å². The first-order valence-electron chi connectivity index (χ1n) is 9.23. The topological polar surface area (TPSA) is 74.2 Å². The van der Waals surface area contributed by atoms with E-state index in [4.69, 9.17) is 0 Å². The number of benzene rings is 2. The fourth-order valence-electron chi connectivity index (χ4n) is 3.64. The molecule has 0 spiro atoms. The Kier molecular flexibility index (Phi) is 4.67. The van der Waals surface area contributed by atoms with Gasteiger partial charge in [0.2, 0.25) is 0 Å². The monoisotopic (exact) mass is 455 g/mol. The summed E-state index contributed by atoms with van der Waals surface area (Å²) >= 11 is 0. The number of pyridine rings is 1. The van der Waals surface area contributed by atoms with E-state index in [1.165, 1.54) is 24.4 Å². The van der Waals surface area contributed by atoms with E-state index in [0.29, 0.717) is 11.6 Å². The molecule has 5 nitrogen and oxygen atoms in total. The summed E-state index contributed by atoms with van der Waals surface area (Å²) in [6, 6.07) is 5.72. The fourth-order valence-corrected chi connectivity index (χ4v) is 3.64. The maximum absolute atomic E-state index is 14.2. The first kappa shape index (κ1) is 21.9. The first-order valence-corrected chi connectivity index (χ1v) is 9.23. The van der Waals surface area contributed by atoms with Crippen LogP contribution in [0.1, 0.15) is 27.0 Å². The van der Waals surface area contributed by atoms with Crippen molar-refractivity contribution in [2.24, 2.45) is 0 Å². The molecule has 0 saturated heterocycles. The minimum atomic E-state index is -5.37. The Bertz CT molecular complexity index is 1270. The number of carbonyl (C=O) groups excluding carboxylic acids is 1. The van der Waals surface area contributed by atoms with Gasteiger partial charge in [-0.2, -0.15) is 26.3 Å². The molecule has 1 atom stereocenters. The molecular weight excluding hydrogens is 440 g/mol. The second-order valence-electron chi connectivity index (χ2n) is 7.51. The Hall–Kier alpha value is -3.34. The summed E-state index contributed by atoms with van der Waals surface area (Å²) in [5.74, 6) is -2.35. The number of hydrogen-bond acceptors (Lipinski definition) is 5. The molecule has 168 valence electrons. The molecule has 32 heavy (non-hydrogen) atoms. The highest BCUT2D eigenvalue weighted by Gasteiger charge is 2.58. The predicted molar refractivity (Wildman–Crippen MR) is 105 cm³/mol. The largest absolute Gasteiger partial charge is 0.454 e. The van der Waals surface area contributed by atoms with E-state index in [2.05, 4.69) is 10.3 Å². The molecule has 11 heteroatoms. The molecule has 1 aromatic heterocycles. The van der Waals surface area contributed by atoms with E-state index >= 15 is 0 Å². The van der Waals surface area contributed by atoms with Gasteiger partial charge in [0.15, 0.2) is 0 Å². The van der Waals surface area contributed by atoms with Crippen molar-refractivity contribution >= 4 is 33.7 Å². The molecule has 1 aliphatic rings. The Morgan fingerprint density at radius 1 is 1.03 bits per heavy atom. The minimum absolute atomic E-state index is 0.128. The number of hydrogen-bond donors (Lipinski definition) is 3. The number of nitrogens with one attached hydrogen (secondary N) is 2. The number of Topliss-reactive ketones (excluding diaryl/α,β-unsaturated/α-hetero) is 1. The van der Waals surface area contributed by atoms with Gasteiger partial charge in [-0.1, -0.05) is 6.07 Å². The molecule has 0 bridgehead atoms. The number of carbonyl (C=O) groups is 1. The lowest BCUT2D eigenvalue weighted by Crippen LogP contribution is -2.49. The second-order valence-corrected chi connectivity index (χ2v) is 7.51. The van der Waals surface area contributed by atoms with E-state index in [-0.39, 0.29) is 28.0 Å². The van der Waals surface area contributed by atoms with Crippen LogP contribution in [0, 0.1) is 13.8 Å². The quantitative estimate of drug-likeness (QED) is 0.335. The minimum Gasteiger partial charge on any atom is -0.360 e. The van der Waals surface area contributed by atoms with Crippen molar-refractivity contribution < 1.29 is 36.2 Å². The first-order chi connectivity index (χ1) is 14.7. The molecule has 3 N–H and O–H groups in total. The average molecular weight is 455 g/mol. The standard InChI is InChI=1S/C21H15F6N3O2/c1-9-6-14-15(7-10(9)2)30-19(32,21(25,26)27)13-8-12(18(31)20(22,23)24)11-4-3-5-28-16(11)17(13)29-14/h3-8,29-30,32H,1-2H3. The lowest BCUT2D eigenvalue weighted by atomic mass is 9.92. The van der Waals surface area contributed by atoms with Crippen LogP contribution in [0.3, 0.4) is 0 Å².